The van der Waals surface area contributed by atoms with Crippen LogP contribution in [0.1, 0.15) is 42.3 Å². The fraction of sp³-hybridized carbons (Fsp3) is 0.471. The van der Waals surface area contributed by atoms with Crippen molar-refractivity contribution in [3.63, 3.8) is 0 Å². The molecular weight excluding hydrogens is 268 g/mol. The average Bonchev–Trinajstić information content (AvgIpc) is 2.42. The number of carbonyl (C=O) groups excluding carboxylic acids is 1. The third-order valence-electron chi connectivity index (χ3n) is 3.18. The summed E-state index contributed by atoms with van der Waals surface area (Å²) in [5.41, 5.74) is 3.70. The number of carbonyl (C=O) groups is 1. The molecule has 1 aromatic rings. The molecule has 0 aliphatic heterocycles. The molecule has 0 saturated carbocycles. The summed E-state index contributed by atoms with van der Waals surface area (Å²) in [6.07, 6.45) is 2.82. The maximum Gasteiger partial charge on any atom is 0.188 e. The van der Waals surface area contributed by atoms with Crippen LogP contribution in [-0.2, 0) is 11.2 Å². The van der Waals surface area contributed by atoms with Gasteiger partial charge in [-0.2, -0.15) is 0 Å². The quantitative estimate of drug-likeness (QED) is 0.437. The lowest BCUT2D eigenvalue weighted by Crippen LogP contribution is -2.10. The Balaban J connectivity index is 3.48. The van der Waals surface area contributed by atoms with Crippen molar-refractivity contribution in [3.8, 4) is 11.5 Å². The molecule has 0 bridgehead atoms. The second kappa shape index (κ2) is 7.84. The molecule has 0 N–H and O–H groups in total. The van der Waals surface area contributed by atoms with Crippen LogP contribution in [0.15, 0.2) is 17.7 Å². The van der Waals surface area contributed by atoms with E-state index in [-0.39, 0.29) is 12.6 Å². The Kier molecular flexibility index (Phi) is 6.43. The fourth-order valence-electron chi connectivity index (χ4n) is 2.13. The highest BCUT2D eigenvalue weighted by Gasteiger charge is 2.21. The van der Waals surface area contributed by atoms with E-state index in [1.165, 1.54) is 12.5 Å². The van der Waals surface area contributed by atoms with Gasteiger partial charge in [0.05, 0.1) is 7.11 Å². The molecule has 0 spiro atoms. The summed E-state index contributed by atoms with van der Waals surface area (Å²) in [7, 11) is 3.10. The lowest BCUT2D eigenvalue weighted by molar-refractivity contribution is 0.0494. The smallest absolute Gasteiger partial charge is 0.188 e. The highest BCUT2D eigenvalue weighted by Crippen LogP contribution is 2.36. The van der Waals surface area contributed by atoms with Gasteiger partial charge in [0.1, 0.15) is 17.1 Å². The van der Waals surface area contributed by atoms with Gasteiger partial charge in [0, 0.05) is 12.7 Å². The van der Waals surface area contributed by atoms with Crippen molar-refractivity contribution in [2.45, 2.75) is 34.1 Å². The number of allylic oxidation sites excluding steroid dienone is 2. The predicted molar refractivity (Wildman–Crippen MR) is 83.4 cm³/mol. The Morgan fingerprint density at radius 3 is 2.38 bits per heavy atom. The lowest BCUT2D eigenvalue weighted by Gasteiger charge is -2.18. The molecule has 116 valence electrons. The minimum absolute atomic E-state index is 0.0867. The molecule has 4 heteroatoms. The molecule has 0 aliphatic carbocycles. The zero-order chi connectivity index (χ0) is 16.0. The number of hydrogen-bond donors (Lipinski definition) is 0. The third-order valence-corrected chi connectivity index (χ3v) is 3.18. The van der Waals surface area contributed by atoms with E-state index in [9.17, 15) is 4.79 Å². The van der Waals surface area contributed by atoms with Crippen LogP contribution in [0, 0.1) is 6.92 Å². The van der Waals surface area contributed by atoms with Gasteiger partial charge in [0.2, 0.25) is 0 Å². The van der Waals surface area contributed by atoms with E-state index in [2.05, 4.69) is 6.08 Å². The topological polar surface area (TPSA) is 44.8 Å². The molecule has 0 amide bonds. The standard InChI is InChI=1S/C17H24O4/c1-11(2)7-8-14-12(3)9-15(20-6)16(13(4)18)17(14)21-10-19-5/h7,9H,8,10H2,1-6H3. The molecule has 0 atom stereocenters. The van der Waals surface area contributed by atoms with Crippen molar-refractivity contribution < 1.29 is 19.0 Å². The maximum absolute atomic E-state index is 12.0. The van der Waals surface area contributed by atoms with Gasteiger partial charge in [-0.15, -0.1) is 0 Å². The van der Waals surface area contributed by atoms with Crippen molar-refractivity contribution in [1.82, 2.24) is 0 Å². The lowest BCUT2D eigenvalue weighted by atomic mass is 9.96. The summed E-state index contributed by atoms with van der Waals surface area (Å²) >= 11 is 0. The number of hydrogen-bond acceptors (Lipinski definition) is 4. The van der Waals surface area contributed by atoms with E-state index in [0.717, 1.165) is 11.1 Å². The van der Waals surface area contributed by atoms with Crippen LogP contribution >= 0.6 is 0 Å². The Labute approximate surface area is 126 Å². The number of rotatable bonds is 7. The van der Waals surface area contributed by atoms with Crippen molar-refractivity contribution in [1.29, 1.82) is 0 Å². The van der Waals surface area contributed by atoms with Gasteiger partial charge in [-0.25, -0.2) is 0 Å². The number of ketones is 1. The number of ether oxygens (including phenoxy) is 3. The van der Waals surface area contributed by atoms with Crippen molar-refractivity contribution >= 4 is 5.78 Å². The van der Waals surface area contributed by atoms with Crippen LogP contribution in [0.4, 0.5) is 0 Å². The zero-order valence-electron chi connectivity index (χ0n) is 13.7. The van der Waals surface area contributed by atoms with Crippen LogP contribution in [0.5, 0.6) is 11.5 Å². The van der Waals surface area contributed by atoms with Gasteiger partial charge in [0.25, 0.3) is 0 Å². The van der Waals surface area contributed by atoms with Crippen molar-refractivity contribution in [2.75, 3.05) is 21.0 Å². The van der Waals surface area contributed by atoms with Crippen LogP contribution < -0.4 is 9.47 Å². The van der Waals surface area contributed by atoms with E-state index >= 15 is 0 Å². The first-order chi connectivity index (χ1) is 9.92. The predicted octanol–water partition coefficient (Wildman–Crippen LogP) is 3.70. The molecule has 0 aromatic heterocycles. The summed E-state index contributed by atoms with van der Waals surface area (Å²) in [5.74, 6) is 1.00. The SMILES string of the molecule is COCOc1c(CC=C(C)C)c(C)cc(OC)c1C(C)=O. The number of benzene rings is 1. The van der Waals surface area contributed by atoms with Gasteiger partial charge in [-0.1, -0.05) is 11.6 Å². The molecule has 21 heavy (non-hydrogen) atoms. The first-order valence-electron chi connectivity index (χ1n) is 6.88. The second-order valence-corrected chi connectivity index (χ2v) is 5.17. The van der Waals surface area contributed by atoms with E-state index in [0.29, 0.717) is 23.5 Å². The molecule has 0 unspecified atom stereocenters. The van der Waals surface area contributed by atoms with Gasteiger partial charge in [0.15, 0.2) is 12.6 Å². The van der Waals surface area contributed by atoms with Crippen LogP contribution in [0.3, 0.4) is 0 Å². The number of Topliss-reactive ketones (excluding diaryl/α,β-unsaturated/α-hetero) is 1. The molecule has 0 fully saturated rings. The van der Waals surface area contributed by atoms with Crippen molar-refractivity contribution in [2.24, 2.45) is 0 Å². The maximum atomic E-state index is 12.0. The molecule has 0 heterocycles. The average molecular weight is 292 g/mol. The van der Waals surface area contributed by atoms with Crippen LogP contribution in [-0.4, -0.2) is 26.8 Å². The Bertz CT molecular complexity index is 540. The number of methoxy groups -OCH3 is 2. The largest absolute Gasteiger partial charge is 0.496 e. The summed E-state index contributed by atoms with van der Waals surface area (Å²) < 4.78 is 16.0. The van der Waals surface area contributed by atoms with Crippen LogP contribution in [0.25, 0.3) is 0 Å². The van der Waals surface area contributed by atoms with Gasteiger partial charge < -0.3 is 14.2 Å². The van der Waals surface area contributed by atoms with E-state index < -0.39 is 0 Å². The van der Waals surface area contributed by atoms with Gasteiger partial charge in [-0.3, -0.25) is 4.79 Å². The van der Waals surface area contributed by atoms with E-state index in [1.807, 2.05) is 26.8 Å². The minimum atomic E-state index is -0.0867. The molecule has 0 saturated heterocycles. The Hall–Kier alpha value is -1.81. The summed E-state index contributed by atoms with van der Waals surface area (Å²) in [6, 6.07) is 1.88. The number of aryl methyl sites for hydroxylation is 1. The monoisotopic (exact) mass is 292 g/mol. The molecular formula is C17H24O4. The summed E-state index contributed by atoms with van der Waals surface area (Å²) in [6.45, 7) is 7.67. The van der Waals surface area contributed by atoms with E-state index in [1.54, 1.807) is 14.2 Å². The van der Waals surface area contributed by atoms with Crippen molar-refractivity contribution in [3.05, 3.63) is 34.4 Å². The summed E-state index contributed by atoms with van der Waals surface area (Å²) in [4.78, 5) is 12.0. The molecule has 4 nitrogen and oxygen atoms in total. The highest BCUT2D eigenvalue weighted by atomic mass is 16.7. The highest BCUT2D eigenvalue weighted by molar-refractivity contribution is 6.00. The fourth-order valence-corrected chi connectivity index (χ4v) is 2.13. The van der Waals surface area contributed by atoms with E-state index in [4.69, 9.17) is 14.2 Å². The minimum Gasteiger partial charge on any atom is -0.496 e. The second-order valence-electron chi connectivity index (χ2n) is 5.17. The van der Waals surface area contributed by atoms with Gasteiger partial charge >= 0.3 is 0 Å². The van der Waals surface area contributed by atoms with Crippen LogP contribution in [0.2, 0.25) is 0 Å². The molecule has 1 aromatic carbocycles. The Morgan fingerprint density at radius 1 is 1.24 bits per heavy atom. The summed E-state index contributed by atoms with van der Waals surface area (Å²) in [5, 5.41) is 0. The first-order valence-corrected chi connectivity index (χ1v) is 6.88. The zero-order valence-corrected chi connectivity index (χ0v) is 13.7. The molecule has 1 rings (SSSR count). The molecule has 0 radical (unpaired) electrons. The Morgan fingerprint density at radius 2 is 1.90 bits per heavy atom. The first kappa shape index (κ1) is 17.2. The normalized spacial score (nSPS) is 10.2. The molecule has 0 aliphatic rings. The van der Waals surface area contributed by atoms with Gasteiger partial charge in [-0.05, 0) is 45.7 Å². The third kappa shape index (κ3) is 4.33.